The molecule has 1 saturated heterocycles. The Hall–Kier alpha value is -2.82. The number of hydrogen-bond acceptors (Lipinski definition) is 4. The van der Waals surface area contributed by atoms with E-state index in [9.17, 15) is 9.59 Å². The fraction of sp³-hybridized carbons (Fsp3) is 0.391. The normalized spacial score (nSPS) is 16.7. The van der Waals surface area contributed by atoms with Crippen LogP contribution in [0.1, 0.15) is 33.6 Å². The summed E-state index contributed by atoms with van der Waals surface area (Å²) in [5.74, 6) is 0.106. The van der Waals surface area contributed by atoms with Crippen molar-refractivity contribution in [1.29, 1.82) is 0 Å². The van der Waals surface area contributed by atoms with Crippen LogP contribution in [0.5, 0.6) is 5.75 Å². The van der Waals surface area contributed by atoms with E-state index >= 15 is 0 Å². The average Bonchev–Trinajstić information content (AvgIpc) is 3.16. The Balaban J connectivity index is 1.67. The second-order valence-electron chi connectivity index (χ2n) is 7.93. The third-order valence-electron chi connectivity index (χ3n) is 4.58. The Kier molecular flexibility index (Phi) is 6.02. The van der Waals surface area contributed by atoms with Crippen molar-refractivity contribution in [3.63, 3.8) is 0 Å². The minimum Gasteiger partial charge on any atom is -0.483 e. The molecule has 2 aromatic rings. The quantitative estimate of drug-likeness (QED) is 0.733. The first-order valence-electron chi connectivity index (χ1n) is 9.65. The third kappa shape index (κ3) is 4.91. The highest BCUT2D eigenvalue weighted by molar-refractivity contribution is 5.86. The molecule has 0 radical (unpaired) electrons. The van der Waals surface area contributed by atoms with E-state index in [2.05, 4.69) is 0 Å². The SMILES string of the molecule is CC(C)(C)OC(=O)[C@H]1CCCN1C(=O)COc1ccccc1-c1ccccc1. The number of nitrogens with zero attached hydrogens (tertiary/aromatic N) is 1. The van der Waals surface area contributed by atoms with Crippen LogP contribution < -0.4 is 4.74 Å². The van der Waals surface area contributed by atoms with Gasteiger partial charge < -0.3 is 14.4 Å². The van der Waals surface area contributed by atoms with Gasteiger partial charge in [0.25, 0.3) is 5.91 Å². The van der Waals surface area contributed by atoms with Gasteiger partial charge in [-0.3, -0.25) is 4.79 Å². The topological polar surface area (TPSA) is 55.8 Å². The number of para-hydroxylation sites is 1. The second-order valence-corrected chi connectivity index (χ2v) is 7.93. The first-order chi connectivity index (χ1) is 13.3. The molecule has 0 bridgehead atoms. The summed E-state index contributed by atoms with van der Waals surface area (Å²) in [7, 11) is 0. The molecule has 5 nitrogen and oxygen atoms in total. The summed E-state index contributed by atoms with van der Waals surface area (Å²) >= 11 is 0. The monoisotopic (exact) mass is 381 g/mol. The van der Waals surface area contributed by atoms with Crippen LogP contribution in [0.4, 0.5) is 0 Å². The molecule has 148 valence electrons. The van der Waals surface area contributed by atoms with E-state index in [0.717, 1.165) is 17.5 Å². The molecular weight excluding hydrogens is 354 g/mol. The lowest BCUT2D eigenvalue weighted by atomic mass is 10.1. The van der Waals surface area contributed by atoms with Gasteiger partial charge in [-0.25, -0.2) is 4.79 Å². The summed E-state index contributed by atoms with van der Waals surface area (Å²) in [4.78, 5) is 26.8. The smallest absolute Gasteiger partial charge is 0.329 e. The molecule has 0 unspecified atom stereocenters. The Morgan fingerprint density at radius 1 is 1.04 bits per heavy atom. The van der Waals surface area contributed by atoms with Crippen LogP contribution >= 0.6 is 0 Å². The fourth-order valence-electron chi connectivity index (χ4n) is 3.35. The number of hydrogen-bond donors (Lipinski definition) is 0. The summed E-state index contributed by atoms with van der Waals surface area (Å²) in [6, 6.07) is 17.0. The lowest BCUT2D eigenvalue weighted by Crippen LogP contribution is -2.45. The van der Waals surface area contributed by atoms with Gasteiger partial charge in [-0.05, 0) is 45.2 Å². The maximum atomic E-state index is 12.7. The minimum absolute atomic E-state index is 0.108. The van der Waals surface area contributed by atoms with Gasteiger partial charge in [0.1, 0.15) is 17.4 Å². The lowest BCUT2D eigenvalue weighted by Gasteiger charge is -2.27. The predicted molar refractivity (Wildman–Crippen MR) is 108 cm³/mol. The number of amides is 1. The molecule has 1 aliphatic heterocycles. The van der Waals surface area contributed by atoms with Crippen LogP contribution in [0.3, 0.4) is 0 Å². The Morgan fingerprint density at radius 2 is 1.71 bits per heavy atom. The van der Waals surface area contributed by atoms with E-state index in [-0.39, 0.29) is 18.5 Å². The zero-order valence-corrected chi connectivity index (χ0v) is 16.7. The van der Waals surface area contributed by atoms with E-state index < -0.39 is 11.6 Å². The molecule has 3 rings (SSSR count). The number of carbonyl (C=O) groups excluding carboxylic acids is 2. The molecule has 0 N–H and O–H groups in total. The van der Waals surface area contributed by atoms with Crippen LogP contribution in [0, 0.1) is 0 Å². The van der Waals surface area contributed by atoms with Crippen molar-refractivity contribution in [3.05, 3.63) is 54.6 Å². The van der Waals surface area contributed by atoms with Crippen molar-refractivity contribution >= 4 is 11.9 Å². The molecule has 1 atom stereocenters. The predicted octanol–water partition coefficient (Wildman–Crippen LogP) is 4.07. The molecular formula is C23H27NO4. The first kappa shape index (κ1) is 19.9. The zero-order valence-electron chi connectivity index (χ0n) is 16.7. The maximum Gasteiger partial charge on any atom is 0.329 e. The zero-order chi connectivity index (χ0) is 20.1. The van der Waals surface area contributed by atoms with Crippen molar-refractivity contribution in [1.82, 2.24) is 4.90 Å². The van der Waals surface area contributed by atoms with Crippen LogP contribution in [0.2, 0.25) is 0 Å². The third-order valence-corrected chi connectivity index (χ3v) is 4.58. The summed E-state index contributed by atoms with van der Waals surface area (Å²) in [5, 5.41) is 0. The summed E-state index contributed by atoms with van der Waals surface area (Å²) in [5.41, 5.74) is 1.39. The molecule has 0 spiro atoms. The largest absolute Gasteiger partial charge is 0.483 e. The maximum absolute atomic E-state index is 12.7. The van der Waals surface area contributed by atoms with Crippen LogP contribution in [-0.2, 0) is 14.3 Å². The minimum atomic E-state index is -0.570. The molecule has 1 amide bonds. The van der Waals surface area contributed by atoms with Gasteiger partial charge in [0.05, 0.1) is 0 Å². The van der Waals surface area contributed by atoms with E-state index in [1.54, 1.807) is 4.90 Å². The van der Waals surface area contributed by atoms with Crippen molar-refractivity contribution in [2.24, 2.45) is 0 Å². The van der Waals surface area contributed by atoms with Gasteiger partial charge in [0, 0.05) is 12.1 Å². The Labute approximate surface area is 166 Å². The van der Waals surface area contributed by atoms with Gasteiger partial charge in [-0.2, -0.15) is 0 Å². The summed E-state index contributed by atoms with van der Waals surface area (Å²) < 4.78 is 11.3. The number of benzene rings is 2. The van der Waals surface area contributed by atoms with Crippen LogP contribution in [0.25, 0.3) is 11.1 Å². The van der Waals surface area contributed by atoms with Gasteiger partial charge in [-0.15, -0.1) is 0 Å². The Morgan fingerprint density at radius 3 is 2.43 bits per heavy atom. The van der Waals surface area contributed by atoms with Crippen LogP contribution in [0.15, 0.2) is 54.6 Å². The van der Waals surface area contributed by atoms with Crippen LogP contribution in [-0.4, -0.2) is 41.6 Å². The number of ether oxygens (including phenoxy) is 2. The molecule has 5 heteroatoms. The highest BCUT2D eigenvalue weighted by Crippen LogP contribution is 2.30. The van der Waals surface area contributed by atoms with E-state index in [4.69, 9.17) is 9.47 Å². The van der Waals surface area contributed by atoms with Crippen molar-refractivity contribution in [2.75, 3.05) is 13.2 Å². The molecule has 1 aliphatic rings. The van der Waals surface area contributed by atoms with Crippen molar-refractivity contribution in [3.8, 4) is 16.9 Å². The highest BCUT2D eigenvalue weighted by atomic mass is 16.6. The van der Waals surface area contributed by atoms with Gasteiger partial charge in [0.2, 0.25) is 0 Å². The van der Waals surface area contributed by atoms with Gasteiger partial charge >= 0.3 is 5.97 Å². The standard InChI is InChI=1S/C23H27NO4/c1-23(2,3)28-22(26)19-13-9-15-24(19)21(25)16-27-20-14-8-7-12-18(20)17-10-5-4-6-11-17/h4-8,10-12,14,19H,9,13,15-16H2,1-3H3/t19-/m1/s1. The number of carbonyl (C=O) groups is 2. The van der Waals surface area contributed by atoms with Gasteiger partial charge in [-0.1, -0.05) is 48.5 Å². The van der Waals surface area contributed by atoms with E-state index in [0.29, 0.717) is 18.7 Å². The fourth-order valence-corrected chi connectivity index (χ4v) is 3.35. The van der Waals surface area contributed by atoms with E-state index in [1.165, 1.54) is 0 Å². The summed E-state index contributed by atoms with van der Waals surface area (Å²) in [6.07, 6.45) is 1.41. The molecule has 0 aromatic heterocycles. The first-order valence-corrected chi connectivity index (χ1v) is 9.65. The van der Waals surface area contributed by atoms with Crippen molar-refractivity contribution in [2.45, 2.75) is 45.3 Å². The number of rotatable bonds is 5. The van der Waals surface area contributed by atoms with E-state index in [1.807, 2.05) is 75.4 Å². The summed E-state index contributed by atoms with van der Waals surface area (Å²) in [6.45, 7) is 5.93. The average molecular weight is 381 g/mol. The number of esters is 1. The molecule has 1 heterocycles. The molecule has 0 saturated carbocycles. The highest BCUT2D eigenvalue weighted by Gasteiger charge is 2.37. The van der Waals surface area contributed by atoms with Crippen molar-refractivity contribution < 1.29 is 19.1 Å². The molecule has 1 fully saturated rings. The second kappa shape index (κ2) is 8.46. The molecule has 28 heavy (non-hydrogen) atoms. The van der Waals surface area contributed by atoms with Gasteiger partial charge in [0.15, 0.2) is 6.61 Å². The Bertz CT molecular complexity index is 826. The molecule has 2 aromatic carbocycles. The molecule has 0 aliphatic carbocycles. The number of likely N-dealkylation sites (tertiary alicyclic amines) is 1. The lowest BCUT2D eigenvalue weighted by molar-refractivity contribution is -0.163.